The van der Waals surface area contributed by atoms with Gasteiger partial charge in [0, 0.05) is 18.3 Å². The first kappa shape index (κ1) is 14.1. The van der Waals surface area contributed by atoms with Crippen LogP contribution >= 0.6 is 0 Å². The Hall–Kier alpha value is -2.28. The molecule has 2 amide bonds. The molecular weight excluding hydrogens is 262 g/mol. The van der Waals surface area contributed by atoms with Gasteiger partial charge < -0.3 is 20.1 Å². The molecule has 1 unspecified atom stereocenters. The standard InChI is InChI=1S/C13H17N3O4/c1-19-10-4-3-8(5-11(10)20-2)16-13(18)9-6-15-12(17)7-14-9/h3-5,9,14H,6-7H2,1-2H3,(H,15,17)(H,16,18). The van der Waals surface area contributed by atoms with Gasteiger partial charge in [0.2, 0.25) is 11.8 Å². The summed E-state index contributed by atoms with van der Waals surface area (Å²) in [5.74, 6) is 0.807. The summed E-state index contributed by atoms with van der Waals surface area (Å²) in [6.45, 7) is 0.419. The molecule has 1 aromatic rings. The van der Waals surface area contributed by atoms with Crippen molar-refractivity contribution in [3.63, 3.8) is 0 Å². The fourth-order valence-electron chi connectivity index (χ4n) is 1.90. The van der Waals surface area contributed by atoms with Crippen molar-refractivity contribution in [3.8, 4) is 11.5 Å². The average Bonchev–Trinajstić information content (AvgIpc) is 2.47. The van der Waals surface area contributed by atoms with Crippen LogP contribution in [0.3, 0.4) is 0 Å². The third kappa shape index (κ3) is 3.18. The molecule has 1 heterocycles. The molecule has 1 atom stereocenters. The quantitative estimate of drug-likeness (QED) is 0.706. The third-order valence-electron chi connectivity index (χ3n) is 2.98. The van der Waals surface area contributed by atoms with Gasteiger partial charge in [0.1, 0.15) is 6.04 Å². The van der Waals surface area contributed by atoms with Crippen LogP contribution in [0, 0.1) is 0 Å². The lowest BCUT2D eigenvalue weighted by atomic mass is 10.2. The van der Waals surface area contributed by atoms with E-state index in [1.807, 2.05) is 0 Å². The van der Waals surface area contributed by atoms with E-state index in [0.29, 0.717) is 17.2 Å². The number of methoxy groups -OCH3 is 2. The Bertz CT molecular complexity index is 508. The molecule has 3 N–H and O–H groups in total. The van der Waals surface area contributed by atoms with E-state index < -0.39 is 6.04 Å². The van der Waals surface area contributed by atoms with Crippen LogP contribution < -0.4 is 25.4 Å². The number of hydrogen-bond donors (Lipinski definition) is 3. The predicted molar refractivity (Wildman–Crippen MR) is 73.0 cm³/mol. The first-order chi connectivity index (χ1) is 9.63. The molecule has 1 aromatic carbocycles. The molecule has 0 saturated carbocycles. The van der Waals surface area contributed by atoms with E-state index in [9.17, 15) is 9.59 Å². The van der Waals surface area contributed by atoms with Crippen molar-refractivity contribution >= 4 is 17.5 Å². The second-order valence-electron chi connectivity index (χ2n) is 4.30. The Morgan fingerprint density at radius 1 is 1.30 bits per heavy atom. The Morgan fingerprint density at radius 3 is 2.65 bits per heavy atom. The number of carbonyl (C=O) groups is 2. The van der Waals surface area contributed by atoms with Gasteiger partial charge in [-0.15, -0.1) is 0 Å². The number of carbonyl (C=O) groups excluding carboxylic acids is 2. The molecule has 1 fully saturated rings. The zero-order valence-corrected chi connectivity index (χ0v) is 11.4. The predicted octanol–water partition coefficient (Wildman–Crippen LogP) is -0.270. The number of anilines is 1. The van der Waals surface area contributed by atoms with Crippen LogP contribution in [-0.2, 0) is 9.59 Å². The van der Waals surface area contributed by atoms with E-state index in [2.05, 4.69) is 16.0 Å². The van der Waals surface area contributed by atoms with E-state index in [1.165, 1.54) is 7.11 Å². The molecular formula is C13H17N3O4. The lowest BCUT2D eigenvalue weighted by Gasteiger charge is -2.23. The summed E-state index contributed by atoms with van der Waals surface area (Å²) >= 11 is 0. The Labute approximate surface area is 116 Å². The maximum Gasteiger partial charge on any atom is 0.243 e. The van der Waals surface area contributed by atoms with E-state index in [-0.39, 0.29) is 24.9 Å². The number of ether oxygens (including phenoxy) is 2. The lowest BCUT2D eigenvalue weighted by Crippen LogP contribution is -2.56. The van der Waals surface area contributed by atoms with Gasteiger partial charge in [0.25, 0.3) is 0 Å². The fraction of sp³-hybridized carbons (Fsp3) is 0.385. The highest BCUT2D eigenvalue weighted by Crippen LogP contribution is 2.29. The van der Waals surface area contributed by atoms with E-state index in [4.69, 9.17) is 9.47 Å². The van der Waals surface area contributed by atoms with Gasteiger partial charge in [-0.25, -0.2) is 0 Å². The number of nitrogens with one attached hydrogen (secondary N) is 3. The number of hydrogen-bond acceptors (Lipinski definition) is 5. The maximum atomic E-state index is 12.0. The van der Waals surface area contributed by atoms with Crippen LogP contribution in [0.1, 0.15) is 0 Å². The Morgan fingerprint density at radius 2 is 2.05 bits per heavy atom. The SMILES string of the molecule is COc1ccc(NC(=O)C2CNC(=O)CN2)cc1OC. The highest BCUT2D eigenvalue weighted by Gasteiger charge is 2.23. The van der Waals surface area contributed by atoms with Gasteiger partial charge in [-0.05, 0) is 12.1 Å². The first-order valence-electron chi connectivity index (χ1n) is 6.17. The monoisotopic (exact) mass is 279 g/mol. The fourth-order valence-corrected chi connectivity index (χ4v) is 1.90. The van der Waals surface area contributed by atoms with Crippen LogP contribution in [0.4, 0.5) is 5.69 Å². The molecule has 7 nitrogen and oxygen atoms in total. The highest BCUT2D eigenvalue weighted by molar-refractivity contribution is 5.96. The summed E-state index contributed by atoms with van der Waals surface area (Å²) in [6.07, 6.45) is 0. The Balaban J connectivity index is 2.02. The number of benzene rings is 1. The van der Waals surface area contributed by atoms with Crippen molar-refractivity contribution in [2.75, 3.05) is 32.6 Å². The molecule has 0 bridgehead atoms. The Kier molecular flexibility index (Phi) is 4.41. The van der Waals surface area contributed by atoms with Gasteiger partial charge in [-0.3, -0.25) is 14.9 Å². The molecule has 0 aliphatic carbocycles. The maximum absolute atomic E-state index is 12.0. The lowest BCUT2D eigenvalue weighted by molar-refractivity contribution is -0.124. The van der Waals surface area contributed by atoms with E-state index in [0.717, 1.165) is 0 Å². The number of piperazine rings is 1. The first-order valence-corrected chi connectivity index (χ1v) is 6.17. The summed E-state index contributed by atoms with van der Waals surface area (Å²) in [4.78, 5) is 23.0. The molecule has 1 saturated heterocycles. The van der Waals surface area contributed by atoms with Crippen molar-refractivity contribution in [3.05, 3.63) is 18.2 Å². The minimum atomic E-state index is -0.444. The van der Waals surface area contributed by atoms with Crippen molar-refractivity contribution < 1.29 is 19.1 Å². The number of amides is 2. The van der Waals surface area contributed by atoms with Crippen LogP contribution in [-0.4, -0.2) is 45.2 Å². The number of rotatable bonds is 4. The normalized spacial score (nSPS) is 18.1. The molecule has 2 rings (SSSR count). The molecule has 7 heteroatoms. The second-order valence-corrected chi connectivity index (χ2v) is 4.30. The molecule has 0 spiro atoms. The van der Waals surface area contributed by atoms with Crippen LogP contribution in [0.2, 0.25) is 0 Å². The molecule has 20 heavy (non-hydrogen) atoms. The van der Waals surface area contributed by atoms with Gasteiger partial charge in [0.05, 0.1) is 20.8 Å². The molecule has 108 valence electrons. The van der Waals surface area contributed by atoms with Crippen molar-refractivity contribution in [2.45, 2.75) is 6.04 Å². The second kappa shape index (κ2) is 6.25. The van der Waals surface area contributed by atoms with Gasteiger partial charge in [0.15, 0.2) is 11.5 Å². The van der Waals surface area contributed by atoms with E-state index in [1.54, 1.807) is 25.3 Å². The smallest absolute Gasteiger partial charge is 0.243 e. The van der Waals surface area contributed by atoms with Crippen LogP contribution in [0.25, 0.3) is 0 Å². The van der Waals surface area contributed by atoms with Gasteiger partial charge in [-0.1, -0.05) is 0 Å². The minimum absolute atomic E-state index is 0.111. The van der Waals surface area contributed by atoms with Gasteiger partial charge >= 0.3 is 0 Å². The summed E-state index contributed by atoms with van der Waals surface area (Å²) in [7, 11) is 3.08. The zero-order chi connectivity index (χ0) is 14.5. The molecule has 0 radical (unpaired) electrons. The summed E-state index contributed by atoms with van der Waals surface area (Å²) in [5, 5.41) is 8.26. The average molecular weight is 279 g/mol. The van der Waals surface area contributed by atoms with E-state index >= 15 is 0 Å². The highest BCUT2D eigenvalue weighted by atomic mass is 16.5. The summed E-state index contributed by atoms with van der Waals surface area (Å²) in [5.41, 5.74) is 0.603. The summed E-state index contributed by atoms with van der Waals surface area (Å²) < 4.78 is 10.3. The van der Waals surface area contributed by atoms with Gasteiger partial charge in [-0.2, -0.15) is 0 Å². The summed E-state index contributed by atoms with van der Waals surface area (Å²) in [6, 6.07) is 4.67. The largest absolute Gasteiger partial charge is 0.493 e. The third-order valence-corrected chi connectivity index (χ3v) is 2.98. The zero-order valence-electron chi connectivity index (χ0n) is 11.4. The van der Waals surface area contributed by atoms with Crippen molar-refractivity contribution in [1.82, 2.24) is 10.6 Å². The van der Waals surface area contributed by atoms with Crippen LogP contribution in [0.5, 0.6) is 11.5 Å². The minimum Gasteiger partial charge on any atom is -0.493 e. The van der Waals surface area contributed by atoms with Crippen molar-refractivity contribution in [2.24, 2.45) is 0 Å². The van der Waals surface area contributed by atoms with Crippen molar-refractivity contribution in [1.29, 1.82) is 0 Å². The van der Waals surface area contributed by atoms with Crippen LogP contribution in [0.15, 0.2) is 18.2 Å². The topological polar surface area (TPSA) is 88.7 Å². The molecule has 0 aromatic heterocycles. The molecule has 1 aliphatic rings. The molecule has 1 aliphatic heterocycles.